The number of hydrogen-bond acceptors (Lipinski definition) is 2. The van der Waals surface area contributed by atoms with E-state index in [9.17, 15) is 4.79 Å². The number of halogens is 1. The van der Waals surface area contributed by atoms with E-state index in [1.165, 1.54) is 0 Å². The Labute approximate surface area is 104 Å². The zero-order valence-electron chi connectivity index (χ0n) is 9.00. The molecule has 0 aliphatic carbocycles. The molecule has 0 aliphatic rings. The van der Waals surface area contributed by atoms with Gasteiger partial charge in [-0.25, -0.2) is 0 Å². The fraction of sp³-hybridized carbons (Fsp3) is 0.417. The van der Waals surface area contributed by atoms with Gasteiger partial charge in [-0.1, -0.05) is 26.0 Å². The minimum atomic E-state index is 0.0892. The molecule has 0 fully saturated rings. The van der Waals surface area contributed by atoms with Crippen molar-refractivity contribution in [1.82, 2.24) is 0 Å². The van der Waals surface area contributed by atoms with Gasteiger partial charge in [0.1, 0.15) is 12.4 Å². The summed E-state index contributed by atoms with van der Waals surface area (Å²) >= 11 is 2.20. The normalized spacial score (nSPS) is 12.2. The predicted molar refractivity (Wildman–Crippen MR) is 69.1 cm³/mol. The van der Waals surface area contributed by atoms with Gasteiger partial charge in [0.2, 0.25) is 0 Å². The molecule has 1 atom stereocenters. The smallest absolute Gasteiger partial charge is 0.172 e. The van der Waals surface area contributed by atoms with E-state index in [0.29, 0.717) is 0 Å². The Bertz CT molecular complexity index is 336. The van der Waals surface area contributed by atoms with Crippen LogP contribution < -0.4 is 4.74 Å². The van der Waals surface area contributed by atoms with E-state index in [-0.39, 0.29) is 18.3 Å². The second kappa shape index (κ2) is 6.10. The van der Waals surface area contributed by atoms with Crippen LogP contribution in [0.1, 0.15) is 20.3 Å². The maximum Gasteiger partial charge on any atom is 0.172 e. The first kappa shape index (κ1) is 12.5. The number of Topliss-reactive ketones (excluding diaryl/α,β-unsaturated/α-hetero) is 1. The maximum absolute atomic E-state index is 11.5. The molecule has 1 aromatic rings. The molecule has 0 unspecified atom stereocenters. The lowest BCUT2D eigenvalue weighted by Crippen LogP contribution is -2.18. The Morgan fingerprint density at radius 1 is 1.47 bits per heavy atom. The van der Waals surface area contributed by atoms with Crippen LogP contribution in [0.3, 0.4) is 0 Å². The number of hydrogen-bond donors (Lipinski definition) is 0. The van der Waals surface area contributed by atoms with Crippen molar-refractivity contribution in [1.29, 1.82) is 0 Å². The first-order valence-electron chi connectivity index (χ1n) is 5.05. The van der Waals surface area contributed by atoms with Crippen molar-refractivity contribution in [3.63, 3.8) is 0 Å². The van der Waals surface area contributed by atoms with Crippen molar-refractivity contribution in [2.75, 3.05) is 6.61 Å². The Morgan fingerprint density at radius 3 is 2.73 bits per heavy atom. The van der Waals surface area contributed by atoms with Crippen LogP contribution in [0.15, 0.2) is 24.3 Å². The van der Waals surface area contributed by atoms with Crippen LogP contribution in [-0.4, -0.2) is 12.4 Å². The van der Waals surface area contributed by atoms with Gasteiger partial charge in [0.15, 0.2) is 5.78 Å². The summed E-state index contributed by atoms with van der Waals surface area (Å²) in [4.78, 5) is 11.5. The highest BCUT2D eigenvalue weighted by Gasteiger charge is 2.11. The first-order valence-corrected chi connectivity index (χ1v) is 6.13. The molecule has 0 amide bonds. The molecule has 1 aromatic carbocycles. The Hall–Kier alpha value is -0.580. The Morgan fingerprint density at radius 2 is 2.13 bits per heavy atom. The molecule has 0 saturated carbocycles. The third kappa shape index (κ3) is 3.81. The van der Waals surface area contributed by atoms with Crippen LogP contribution in [0, 0.1) is 9.49 Å². The molecule has 1 rings (SSSR count). The molecular formula is C12H15IO2. The highest BCUT2D eigenvalue weighted by Crippen LogP contribution is 2.19. The zero-order chi connectivity index (χ0) is 11.3. The molecule has 2 nitrogen and oxygen atoms in total. The van der Waals surface area contributed by atoms with Gasteiger partial charge in [-0.15, -0.1) is 0 Å². The fourth-order valence-electron chi connectivity index (χ4n) is 1.08. The highest BCUT2D eigenvalue weighted by molar-refractivity contribution is 14.1. The van der Waals surface area contributed by atoms with Gasteiger partial charge in [-0.3, -0.25) is 4.79 Å². The van der Waals surface area contributed by atoms with Crippen molar-refractivity contribution in [2.24, 2.45) is 5.92 Å². The van der Waals surface area contributed by atoms with Crippen molar-refractivity contribution in [2.45, 2.75) is 20.3 Å². The number of carbonyl (C=O) groups excluding carboxylic acids is 1. The maximum atomic E-state index is 11.5. The van der Waals surface area contributed by atoms with Gasteiger partial charge in [-0.2, -0.15) is 0 Å². The van der Waals surface area contributed by atoms with E-state index in [2.05, 4.69) is 22.6 Å². The molecule has 0 spiro atoms. The minimum Gasteiger partial charge on any atom is -0.485 e. The molecular weight excluding hydrogens is 303 g/mol. The number of carbonyl (C=O) groups is 1. The summed E-state index contributed by atoms with van der Waals surface area (Å²) in [6, 6.07) is 7.70. The molecule has 3 heteroatoms. The summed E-state index contributed by atoms with van der Waals surface area (Å²) in [5.74, 6) is 1.04. The van der Waals surface area contributed by atoms with E-state index < -0.39 is 0 Å². The van der Waals surface area contributed by atoms with Crippen LogP contribution >= 0.6 is 22.6 Å². The number of ether oxygens (including phenoxy) is 1. The molecule has 82 valence electrons. The summed E-state index contributed by atoms with van der Waals surface area (Å²) in [5, 5.41) is 0. The van der Waals surface area contributed by atoms with Crippen molar-refractivity contribution in [3.05, 3.63) is 27.8 Å². The second-order valence-corrected chi connectivity index (χ2v) is 4.66. The average molecular weight is 318 g/mol. The van der Waals surface area contributed by atoms with E-state index >= 15 is 0 Å². The molecule has 0 aliphatic heterocycles. The number of benzene rings is 1. The largest absolute Gasteiger partial charge is 0.485 e. The second-order valence-electron chi connectivity index (χ2n) is 3.49. The van der Waals surface area contributed by atoms with E-state index in [4.69, 9.17) is 4.74 Å². The van der Waals surface area contributed by atoms with E-state index in [1.807, 2.05) is 38.1 Å². The third-order valence-electron chi connectivity index (χ3n) is 2.37. The SMILES string of the molecule is CC[C@@H](C)C(=O)COc1ccccc1I. The summed E-state index contributed by atoms with van der Waals surface area (Å²) < 4.78 is 6.50. The number of rotatable bonds is 5. The van der Waals surface area contributed by atoms with Gasteiger partial charge >= 0.3 is 0 Å². The monoisotopic (exact) mass is 318 g/mol. The van der Waals surface area contributed by atoms with Crippen LogP contribution in [-0.2, 0) is 4.79 Å². The van der Waals surface area contributed by atoms with Crippen molar-refractivity contribution >= 4 is 28.4 Å². The third-order valence-corrected chi connectivity index (χ3v) is 3.26. The van der Waals surface area contributed by atoms with Crippen LogP contribution in [0.2, 0.25) is 0 Å². The highest BCUT2D eigenvalue weighted by atomic mass is 127. The molecule has 0 heterocycles. The molecule has 0 aromatic heterocycles. The fourth-order valence-corrected chi connectivity index (χ4v) is 1.62. The Balaban J connectivity index is 2.51. The van der Waals surface area contributed by atoms with Crippen LogP contribution in [0.25, 0.3) is 0 Å². The first-order chi connectivity index (χ1) is 7.15. The van der Waals surface area contributed by atoms with Crippen molar-refractivity contribution in [3.8, 4) is 5.75 Å². The van der Waals surface area contributed by atoms with Gasteiger partial charge < -0.3 is 4.74 Å². The summed E-state index contributed by atoms with van der Waals surface area (Å²) in [6.07, 6.45) is 0.869. The zero-order valence-corrected chi connectivity index (χ0v) is 11.2. The summed E-state index contributed by atoms with van der Waals surface area (Å²) in [7, 11) is 0. The van der Waals surface area contributed by atoms with Crippen LogP contribution in [0.5, 0.6) is 5.75 Å². The quantitative estimate of drug-likeness (QED) is 0.779. The summed E-state index contributed by atoms with van der Waals surface area (Å²) in [5.41, 5.74) is 0. The Kier molecular flexibility index (Phi) is 5.08. The van der Waals surface area contributed by atoms with Gasteiger partial charge in [0.05, 0.1) is 3.57 Å². The average Bonchev–Trinajstić information content (AvgIpc) is 2.26. The molecule has 15 heavy (non-hydrogen) atoms. The molecule has 0 radical (unpaired) electrons. The molecule has 0 N–H and O–H groups in total. The van der Waals surface area contributed by atoms with Gasteiger partial charge in [-0.05, 0) is 41.1 Å². The molecule has 0 bridgehead atoms. The lowest BCUT2D eigenvalue weighted by Gasteiger charge is -2.10. The van der Waals surface area contributed by atoms with Crippen molar-refractivity contribution < 1.29 is 9.53 Å². The van der Waals surface area contributed by atoms with E-state index in [1.54, 1.807) is 0 Å². The number of ketones is 1. The van der Waals surface area contributed by atoms with Crippen LogP contribution in [0.4, 0.5) is 0 Å². The lowest BCUT2D eigenvalue weighted by atomic mass is 10.1. The lowest BCUT2D eigenvalue weighted by molar-refractivity contribution is -0.124. The standard InChI is InChI=1S/C12H15IO2/c1-3-9(2)11(14)8-15-12-7-5-4-6-10(12)13/h4-7,9H,3,8H2,1-2H3/t9-/m1/s1. The van der Waals surface area contributed by atoms with Gasteiger partial charge in [0, 0.05) is 5.92 Å². The van der Waals surface area contributed by atoms with E-state index in [0.717, 1.165) is 15.7 Å². The minimum absolute atomic E-state index is 0.0892. The summed E-state index contributed by atoms with van der Waals surface area (Å²) in [6.45, 7) is 4.12. The topological polar surface area (TPSA) is 26.3 Å². The predicted octanol–water partition coefficient (Wildman–Crippen LogP) is 3.29. The molecule has 0 saturated heterocycles. The number of para-hydroxylation sites is 1. The van der Waals surface area contributed by atoms with Gasteiger partial charge in [0.25, 0.3) is 0 Å².